The standard InChI is InChI=1S/C11H20F2N2O/c1-9-3-7-15(8-4-9)6-2-5-14-11(16)10(12)13/h9-10H,2-8H2,1H3,(H,14,16). The molecule has 0 atom stereocenters. The molecule has 0 aliphatic carbocycles. The Bertz CT molecular complexity index is 216. The van der Waals surface area contributed by atoms with Gasteiger partial charge < -0.3 is 10.2 Å². The fraction of sp³-hybridized carbons (Fsp3) is 0.909. The lowest BCUT2D eigenvalue weighted by atomic mass is 9.99. The number of nitrogens with one attached hydrogen (secondary N) is 1. The number of carbonyl (C=O) groups is 1. The normalized spacial score (nSPS) is 19.0. The van der Waals surface area contributed by atoms with Crippen LogP contribution in [0.1, 0.15) is 26.2 Å². The number of likely N-dealkylation sites (tertiary alicyclic amines) is 1. The first kappa shape index (κ1) is 13.4. The van der Waals surface area contributed by atoms with Crippen LogP contribution in [0.4, 0.5) is 8.78 Å². The van der Waals surface area contributed by atoms with E-state index in [1.807, 2.05) is 0 Å². The summed E-state index contributed by atoms with van der Waals surface area (Å²) in [5, 5.41) is 2.21. The highest BCUT2D eigenvalue weighted by Gasteiger charge is 2.16. The molecule has 0 radical (unpaired) electrons. The Balaban J connectivity index is 2.01. The molecule has 0 unspecified atom stereocenters. The monoisotopic (exact) mass is 234 g/mol. The molecule has 94 valence electrons. The van der Waals surface area contributed by atoms with Crippen LogP contribution < -0.4 is 5.32 Å². The van der Waals surface area contributed by atoms with E-state index >= 15 is 0 Å². The average Bonchev–Trinajstić information content (AvgIpc) is 2.26. The number of nitrogens with zero attached hydrogens (tertiary/aromatic N) is 1. The van der Waals surface area contributed by atoms with E-state index in [0.717, 1.165) is 32.0 Å². The van der Waals surface area contributed by atoms with Gasteiger partial charge in [-0.1, -0.05) is 6.92 Å². The lowest BCUT2D eigenvalue weighted by molar-refractivity contribution is -0.131. The van der Waals surface area contributed by atoms with Crippen LogP contribution in [0.2, 0.25) is 0 Å². The second-order valence-corrected chi connectivity index (χ2v) is 4.47. The Morgan fingerprint density at radius 3 is 2.62 bits per heavy atom. The molecule has 0 aromatic rings. The molecule has 1 heterocycles. The van der Waals surface area contributed by atoms with E-state index in [4.69, 9.17) is 0 Å². The second-order valence-electron chi connectivity index (χ2n) is 4.47. The van der Waals surface area contributed by atoms with Gasteiger partial charge in [-0.3, -0.25) is 4.79 Å². The summed E-state index contributed by atoms with van der Waals surface area (Å²) in [5.41, 5.74) is 0. The lowest BCUT2D eigenvalue weighted by Crippen LogP contribution is -2.36. The molecule has 0 spiro atoms. The molecule has 16 heavy (non-hydrogen) atoms. The van der Waals surface area contributed by atoms with Crippen LogP contribution >= 0.6 is 0 Å². The largest absolute Gasteiger partial charge is 0.351 e. The minimum absolute atomic E-state index is 0.342. The van der Waals surface area contributed by atoms with Crippen molar-refractivity contribution >= 4 is 5.91 Å². The Kier molecular flexibility index (Phi) is 5.66. The van der Waals surface area contributed by atoms with Gasteiger partial charge in [0.1, 0.15) is 0 Å². The Morgan fingerprint density at radius 2 is 2.06 bits per heavy atom. The third-order valence-corrected chi connectivity index (χ3v) is 3.02. The maximum atomic E-state index is 11.8. The summed E-state index contributed by atoms with van der Waals surface area (Å²) in [6.45, 7) is 5.65. The summed E-state index contributed by atoms with van der Waals surface area (Å²) in [4.78, 5) is 12.9. The third-order valence-electron chi connectivity index (χ3n) is 3.02. The summed E-state index contributed by atoms with van der Waals surface area (Å²) in [6.07, 6.45) is 0.274. The predicted molar refractivity (Wildman–Crippen MR) is 58.5 cm³/mol. The van der Waals surface area contributed by atoms with E-state index in [1.165, 1.54) is 12.8 Å². The van der Waals surface area contributed by atoms with Crippen LogP contribution in [0.5, 0.6) is 0 Å². The van der Waals surface area contributed by atoms with Gasteiger partial charge in [0.25, 0.3) is 5.91 Å². The second kappa shape index (κ2) is 6.78. The van der Waals surface area contributed by atoms with E-state index in [0.29, 0.717) is 6.54 Å². The van der Waals surface area contributed by atoms with Crippen LogP contribution in [0.25, 0.3) is 0 Å². The van der Waals surface area contributed by atoms with Gasteiger partial charge in [0.15, 0.2) is 0 Å². The zero-order chi connectivity index (χ0) is 12.0. The quantitative estimate of drug-likeness (QED) is 0.731. The number of halogens is 2. The molecule has 1 aliphatic rings. The zero-order valence-electron chi connectivity index (χ0n) is 9.72. The summed E-state index contributed by atoms with van der Waals surface area (Å²) < 4.78 is 23.7. The van der Waals surface area contributed by atoms with Crippen LogP contribution in [0.3, 0.4) is 0 Å². The van der Waals surface area contributed by atoms with Gasteiger partial charge in [-0.05, 0) is 44.8 Å². The molecule has 0 aromatic heterocycles. The maximum absolute atomic E-state index is 11.8. The van der Waals surface area contributed by atoms with Gasteiger partial charge in [-0.15, -0.1) is 0 Å². The van der Waals surface area contributed by atoms with Crippen molar-refractivity contribution in [1.29, 1.82) is 0 Å². The van der Waals surface area contributed by atoms with Gasteiger partial charge in [-0.2, -0.15) is 8.78 Å². The summed E-state index contributed by atoms with van der Waals surface area (Å²) in [5.74, 6) is -0.359. The number of carbonyl (C=O) groups excluding carboxylic acids is 1. The minimum Gasteiger partial charge on any atom is -0.351 e. The molecular weight excluding hydrogens is 214 g/mol. The average molecular weight is 234 g/mol. The van der Waals surface area contributed by atoms with E-state index in [-0.39, 0.29) is 0 Å². The van der Waals surface area contributed by atoms with Crippen molar-refractivity contribution in [2.45, 2.75) is 32.6 Å². The van der Waals surface area contributed by atoms with Crippen molar-refractivity contribution < 1.29 is 13.6 Å². The summed E-state index contributed by atoms with van der Waals surface area (Å²) >= 11 is 0. The molecule has 1 rings (SSSR count). The molecule has 1 saturated heterocycles. The van der Waals surface area contributed by atoms with E-state index in [2.05, 4.69) is 17.1 Å². The molecule has 0 aromatic carbocycles. The van der Waals surface area contributed by atoms with Gasteiger partial charge >= 0.3 is 6.43 Å². The Hall–Kier alpha value is -0.710. The molecule has 1 fully saturated rings. The van der Waals surface area contributed by atoms with Crippen molar-refractivity contribution in [3.8, 4) is 0 Å². The van der Waals surface area contributed by atoms with E-state index in [9.17, 15) is 13.6 Å². The smallest absolute Gasteiger partial charge is 0.315 e. The molecular formula is C11H20F2N2O. The number of hydrogen-bond donors (Lipinski definition) is 1. The van der Waals surface area contributed by atoms with Crippen LogP contribution in [-0.2, 0) is 4.79 Å². The van der Waals surface area contributed by atoms with Crippen molar-refractivity contribution in [2.24, 2.45) is 5.92 Å². The van der Waals surface area contributed by atoms with E-state index < -0.39 is 12.3 Å². The fourth-order valence-electron chi connectivity index (χ4n) is 1.88. The molecule has 1 aliphatic heterocycles. The molecule has 1 amide bonds. The highest BCUT2D eigenvalue weighted by atomic mass is 19.3. The number of hydrogen-bond acceptors (Lipinski definition) is 2. The third kappa shape index (κ3) is 4.88. The number of alkyl halides is 2. The predicted octanol–water partition coefficient (Wildman–Crippen LogP) is 1.49. The summed E-state index contributed by atoms with van der Waals surface area (Å²) in [7, 11) is 0. The zero-order valence-corrected chi connectivity index (χ0v) is 9.72. The van der Waals surface area contributed by atoms with Gasteiger partial charge in [0.2, 0.25) is 0 Å². The Morgan fingerprint density at radius 1 is 1.44 bits per heavy atom. The number of rotatable bonds is 5. The lowest BCUT2D eigenvalue weighted by Gasteiger charge is -2.30. The van der Waals surface area contributed by atoms with Crippen molar-refractivity contribution in [1.82, 2.24) is 10.2 Å². The van der Waals surface area contributed by atoms with Gasteiger partial charge in [0.05, 0.1) is 0 Å². The summed E-state index contributed by atoms with van der Waals surface area (Å²) in [6, 6.07) is 0. The van der Waals surface area contributed by atoms with Crippen molar-refractivity contribution in [3.63, 3.8) is 0 Å². The van der Waals surface area contributed by atoms with E-state index in [1.54, 1.807) is 0 Å². The van der Waals surface area contributed by atoms with Crippen LogP contribution in [0, 0.1) is 5.92 Å². The fourth-order valence-corrected chi connectivity index (χ4v) is 1.88. The highest BCUT2D eigenvalue weighted by Crippen LogP contribution is 2.15. The van der Waals surface area contributed by atoms with Crippen molar-refractivity contribution in [3.05, 3.63) is 0 Å². The van der Waals surface area contributed by atoms with Crippen LogP contribution in [0.15, 0.2) is 0 Å². The molecule has 3 nitrogen and oxygen atoms in total. The number of amides is 1. The van der Waals surface area contributed by atoms with Gasteiger partial charge in [-0.25, -0.2) is 0 Å². The molecule has 0 bridgehead atoms. The van der Waals surface area contributed by atoms with Gasteiger partial charge in [0, 0.05) is 6.54 Å². The SMILES string of the molecule is CC1CCN(CCCNC(=O)C(F)F)CC1. The number of piperidine rings is 1. The Labute approximate surface area is 95.2 Å². The topological polar surface area (TPSA) is 32.3 Å². The maximum Gasteiger partial charge on any atom is 0.315 e. The first-order valence-electron chi connectivity index (χ1n) is 5.88. The highest BCUT2D eigenvalue weighted by molar-refractivity contribution is 5.78. The molecule has 5 heteroatoms. The van der Waals surface area contributed by atoms with Crippen LogP contribution in [-0.4, -0.2) is 43.4 Å². The molecule has 1 N–H and O–H groups in total. The first-order valence-corrected chi connectivity index (χ1v) is 5.88. The molecule has 0 saturated carbocycles. The minimum atomic E-state index is -2.89. The first-order chi connectivity index (χ1) is 7.59. The van der Waals surface area contributed by atoms with Crippen molar-refractivity contribution in [2.75, 3.05) is 26.2 Å².